The highest BCUT2D eigenvalue weighted by atomic mass is 16.5. The number of aromatic nitrogens is 3. The second kappa shape index (κ2) is 5.25. The van der Waals surface area contributed by atoms with E-state index in [0.717, 1.165) is 23.4 Å². The third kappa shape index (κ3) is 2.69. The van der Waals surface area contributed by atoms with Crippen molar-refractivity contribution < 1.29 is 4.74 Å². The normalized spacial score (nSPS) is 10.2. The zero-order valence-electron chi connectivity index (χ0n) is 9.60. The van der Waals surface area contributed by atoms with E-state index in [0.29, 0.717) is 6.42 Å². The Kier molecular flexibility index (Phi) is 3.49. The van der Waals surface area contributed by atoms with Crippen molar-refractivity contribution in [1.82, 2.24) is 15.2 Å². The Balaban J connectivity index is 2.15. The third-order valence-corrected chi connectivity index (χ3v) is 2.51. The molecule has 0 saturated carbocycles. The summed E-state index contributed by atoms with van der Waals surface area (Å²) in [6.45, 7) is 0. The summed E-state index contributed by atoms with van der Waals surface area (Å²) in [6.07, 6.45) is 4.80. The number of aromatic amines is 1. The zero-order chi connectivity index (χ0) is 12.1. The van der Waals surface area contributed by atoms with Crippen molar-refractivity contribution in [2.24, 2.45) is 0 Å². The fourth-order valence-electron chi connectivity index (χ4n) is 1.58. The fourth-order valence-corrected chi connectivity index (χ4v) is 1.58. The minimum Gasteiger partial charge on any atom is -0.484 e. The standard InChI is InChI=1S/C12H14N4O/c1-17-11(13)6-5-9-8-15-16-12(9)10-4-2-3-7-14-10/h2-4,7-8,13H,5-6H2,1H3,(H,15,16). The summed E-state index contributed by atoms with van der Waals surface area (Å²) < 4.78 is 4.83. The van der Waals surface area contributed by atoms with Crippen LogP contribution in [0.5, 0.6) is 0 Å². The lowest BCUT2D eigenvalue weighted by Crippen LogP contribution is -2.01. The third-order valence-electron chi connectivity index (χ3n) is 2.51. The molecule has 2 heterocycles. The fraction of sp³-hybridized carbons (Fsp3) is 0.250. The topological polar surface area (TPSA) is 74.7 Å². The molecule has 0 aliphatic heterocycles. The molecule has 0 amide bonds. The van der Waals surface area contributed by atoms with Gasteiger partial charge in [0.05, 0.1) is 24.7 Å². The molecule has 0 fully saturated rings. The van der Waals surface area contributed by atoms with Crippen LogP contribution in [-0.2, 0) is 11.2 Å². The number of rotatable bonds is 4. The lowest BCUT2D eigenvalue weighted by Gasteiger charge is -2.03. The van der Waals surface area contributed by atoms with Crippen LogP contribution in [-0.4, -0.2) is 28.2 Å². The van der Waals surface area contributed by atoms with E-state index < -0.39 is 0 Å². The van der Waals surface area contributed by atoms with Gasteiger partial charge in [0.1, 0.15) is 0 Å². The van der Waals surface area contributed by atoms with Gasteiger partial charge in [-0.2, -0.15) is 5.10 Å². The summed E-state index contributed by atoms with van der Waals surface area (Å²) in [6, 6.07) is 5.74. The summed E-state index contributed by atoms with van der Waals surface area (Å²) in [4.78, 5) is 4.27. The number of aryl methyl sites for hydroxylation is 1. The van der Waals surface area contributed by atoms with Gasteiger partial charge >= 0.3 is 0 Å². The maximum absolute atomic E-state index is 7.45. The molecule has 0 radical (unpaired) electrons. The molecular weight excluding hydrogens is 216 g/mol. The SMILES string of the molecule is COC(=N)CCc1cn[nH]c1-c1ccccn1. The maximum atomic E-state index is 7.45. The van der Waals surface area contributed by atoms with E-state index in [2.05, 4.69) is 15.2 Å². The smallest absolute Gasteiger partial charge is 0.180 e. The average molecular weight is 230 g/mol. The summed E-state index contributed by atoms with van der Waals surface area (Å²) in [5, 5.41) is 14.4. The van der Waals surface area contributed by atoms with E-state index in [1.165, 1.54) is 7.11 Å². The molecule has 0 saturated heterocycles. The molecule has 2 aromatic heterocycles. The predicted molar refractivity (Wildman–Crippen MR) is 64.9 cm³/mol. The molecule has 5 nitrogen and oxygen atoms in total. The van der Waals surface area contributed by atoms with Crippen molar-refractivity contribution in [1.29, 1.82) is 5.41 Å². The largest absolute Gasteiger partial charge is 0.484 e. The molecule has 0 aromatic carbocycles. The lowest BCUT2D eigenvalue weighted by molar-refractivity contribution is 0.386. The van der Waals surface area contributed by atoms with Crippen molar-refractivity contribution in [2.75, 3.05) is 7.11 Å². The Labute approximate surface area is 99.4 Å². The van der Waals surface area contributed by atoms with Crippen LogP contribution in [0.1, 0.15) is 12.0 Å². The van der Waals surface area contributed by atoms with Gasteiger partial charge < -0.3 is 4.74 Å². The van der Waals surface area contributed by atoms with Gasteiger partial charge in [0.15, 0.2) is 5.90 Å². The monoisotopic (exact) mass is 230 g/mol. The summed E-state index contributed by atoms with van der Waals surface area (Å²) in [5.74, 6) is 0.276. The molecule has 2 N–H and O–H groups in total. The van der Waals surface area contributed by atoms with E-state index in [-0.39, 0.29) is 5.90 Å². The van der Waals surface area contributed by atoms with Gasteiger partial charge in [0.2, 0.25) is 0 Å². The molecular formula is C12H14N4O. The van der Waals surface area contributed by atoms with Gasteiger partial charge in [-0.1, -0.05) is 6.07 Å². The molecule has 0 bridgehead atoms. The van der Waals surface area contributed by atoms with E-state index >= 15 is 0 Å². The molecule has 0 atom stereocenters. The van der Waals surface area contributed by atoms with Gasteiger partial charge in [-0.25, -0.2) is 0 Å². The molecule has 0 spiro atoms. The van der Waals surface area contributed by atoms with Gasteiger partial charge in [-0.15, -0.1) is 0 Å². The Morgan fingerprint density at radius 3 is 3.06 bits per heavy atom. The van der Waals surface area contributed by atoms with Crippen LogP contribution >= 0.6 is 0 Å². The average Bonchev–Trinajstić information content (AvgIpc) is 2.85. The second-order valence-corrected chi connectivity index (χ2v) is 3.61. The number of ether oxygens (including phenoxy) is 1. The molecule has 0 unspecified atom stereocenters. The number of hydrogen-bond donors (Lipinski definition) is 2. The highest BCUT2D eigenvalue weighted by molar-refractivity contribution is 5.73. The Bertz CT molecular complexity index is 492. The first-order valence-electron chi connectivity index (χ1n) is 5.36. The lowest BCUT2D eigenvalue weighted by atomic mass is 10.1. The van der Waals surface area contributed by atoms with Crippen LogP contribution in [0.2, 0.25) is 0 Å². The van der Waals surface area contributed by atoms with E-state index in [4.69, 9.17) is 10.1 Å². The van der Waals surface area contributed by atoms with Crippen molar-refractivity contribution in [3.05, 3.63) is 36.2 Å². The summed E-state index contributed by atoms with van der Waals surface area (Å²) in [7, 11) is 1.51. The minimum absolute atomic E-state index is 0.276. The number of hydrogen-bond acceptors (Lipinski definition) is 4. The number of H-pyrrole nitrogens is 1. The molecule has 2 aromatic rings. The Hall–Kier alpha value is -2.17. The van der Waals surface area contributed by atoms with Gasteiger partial charge in [0.25, 0.3) is 0 Å². The van der Waals surface area contributed by atoms with Crippen molar-refractivity contribution in [3.8, 4) is 11.4 Å². The molecule has 17 heavy (non-hydrogen) atoms. The van der Waals surface area contributed by atoms with Crippen molar-refractivity contribution >= 4 is 5.90 Å². The second-order valence-electron chi connectivity index (χ2n) is 3.61. The number of pyridine rings is 1. The van der Waals surface area contributed by atoms with Crippen LogP contribution in [0.25, 0.3) is 11.4 Å². The quantitative estimate of drug-likeness (QED) is 0.623. The first kappa shape index (κ1) is 11.3. The van der Waals surface area contributed by atoms with Crippen molar-refractivity contribution in [3.63, 3.8) is 0 Å². The molecule has 0 aliphatic carbocycles. The minimum atomic E-state index is 0.276. The highest BCUT2D eigenvalue weighted by Crippen LogP contribution is 2.19. The molecule has 88 valence electrons. The van der Waals surface area contributed by atoms with Gasteiger partial charge in [-0.05, 0) is 24.1 Å². The Morgan fingerprint density at radius 2 is 2.35 bits per heavy atom. The van der Waals surface area contributed by atoms with Crippen LogP contribution in [0.15, 0.2) is 30.6 Å². The predicted octanol–water partition coefficient (Wildman–Crippen LogP) is 2.03. The van der Waals surface area contributed by atoms with Crippen LogP contribution in [0.3, 0.4) is 0 Å². The number of nitrogens with one attached hydrogen (secondary N) is 2. The maximum Gasteiger partial charge on any atom is 0.180 e. The number of nitrogens with zero attached hydrogens (tertiary/aromatic N) is 2. The molecule has 0 aliphatic rings. The van der Waals surface area contributed by atoms with E-state index in [1.54, 1.807) is 12.4 Å². The van der Waals surface area contributed by atoms with Crippen LogP contribution in [0.4, 0.5) is 0 Å². The Morgan fingerprint density at radius 1 is 1.47 bits per heavy atom. The molecule has 2 rings (SSSR count). The zero-order valence-corrected chi connectivity index (χ0v) is 9.60. The highest BCUT2D eigenvalue weighted by Gasteiger charge is 2.09. The van der Waals surface area contributed by atoms with E-state index in [1.807, 2.05) is 18.2 Å². The molecule has 5 heteroatoms. The van der Waals surface area contributed by atoms with Gasteiger partial charge in [0, 0.05) is 12.6 Å². The van der Waals surface area contributed by atoms with Crippen LogP contribution in [0, 0.1) is 5.41 Å². The van der Waals surface area contributed by atoms with E-state index in [9.17, 15) is 0 Å². The van der Waals surface area contributed by atoms with Crippen molar-refractivity contribution in [2.45, 2.75) is 12.8 Å². The van der Waals surface area contributed by atoms with Gasteiger partial charge in [-0.3, -0.25) is 15.5 Å². The van der Waals surface area contributed by atoms with Crippen LogP contribution < -0.4 is 0 Å². The number of methoxy groups -OCH3 is 1. The first-order valence-corrected chi connectivity index (χ1v) is 5.36. The first-order chi connectivity index (χ1) is 8.31. The summed E-state index contributed by atoms with van der Waals surface area (Å²) >= 11 is 0. The summed E-state index contributed by atoms with van der Waals surface area (Å²) in [5.41, 5.74) is 2.82.